The van der Waals surface area contributed by atoms with Crippen LogP contribution in [0.4, 0.5) is 0 Å². The van der Waals surface area contributed by atoms with Gasteiger partial charge in [-0.15, -0.1) is 0 Å². The van der Waals surface area contributed by atoms with E-state index in [2.05, 4.69) is 4.98 Å². The third-order valence-electron chi connectivity index (χ3n) is 3.00. The number of rotatable bonds is 4. The maximum absolute atomic E-state index is 9.75. The maximum atomic E-state index is 9.75. The van der Waals surface area contributed by atoms with Gasteiger partial charge in [0, 0.05) is 17.3 Å². The zero-order valence-corrected chi connectivity index (χ0v) is 11.5. The van der Waals surface area contributed by atoms with Gasteiger partial charge in [0.25, 0.3) is 0 Å². The molecule has 102 valence electrons. The van der Waals surface area contributed by atoms with Crippen molar-refractivity contribution in [3.05, 3.63) is 58.9 Å². The van der Waals surface area contributed by atoms with Crippen molar-refractivity contribution < 1.29 is 9.84 Å². The van der Waals surface area contributed by atoms with Crippen LogP contribution in [0.25, 0.3) is 0 Å². The minimum Gasteiger partial charge on any atom is -0.488 e. The maximum Gasteiger partial charge on any atom is 0.147 e. The molecular formula is C16H16N2O2. The van der Waals surface area contributed by atoms with Gasteiger partial charge in [-0.2, -0.15) is 5.26 Å². The summed E-state index contributed by atoms with van der Waals surface area (Å²) >= 11 is 0. The van der Waals surface area contributed by atoms with E-state index in [1.807, 2.05) is 37.3 Å². The van der Waals surface area contributed by atoms with Crippen LogP contribution in [0, 0.1) is 18.3 Å². The average Bonchev–Trinajstić information content (AvgIpc) is 2.45. The molecule has 1 aromatic carbocycles. The molecule has 1 atom stereocenters. The van der Waals surface area contributed by atoms with Crippen molar-refractivity contribution in [3.8, 4) is 11.8 Å². The zero-order valence-electron chi connectivity index (χ0n) is 11.5. The number of ether oxygens (including phenoxy) is 1. The molecule has 0 radical (unpaired) electrons. The van der Waals surface area contributed by atoms with Crippen LogP contribution in [-0.2, 0) is 6.61 Å². The highest BCUT2D eigenvalue weighted by atomic mass is 16.5. The Kier molecular flexibility index (Phi) is 4.34. The summed E-state index contributed by atoms with van der Waals surface area (Å²) in [5, 5.41) is 18.7. The molecule has 1 N–H and O–H groups in total. The van der Waals surface area contributed by atoms with E-state index in [1.165, 1.54) is 0 Å². The van der Waals surface area contributed by atoms with Gasteiger partial charge in [0.15, 0.2) is 0 Å². The third kappa shape index (κ3) is 3.14. The topological polar surface area (TPSA) is 66.1 Å². The predicted octanol–water partition coefficient (Wildman–Crippen LogP) is 2.89. The van der Waals surface area contributed by atoms with Crippen LogP contribution in [0.2, 0.25) is 0 Å². The van der Waals surface area contributed by atoms with Crippen LogP contribution in [-0.4, -0.2) is 10.1 Å². The number of aromatic nitrogens is 1. The monoisotopic (exact) mass is 268 g/mol. The first-order valence-electron chi connectivity index (χ1n) is 6.37. The molecule has 4 heteroatoms. The first-order chi connectivity index (χ1) is 9.61. The van der Waals surface area contributed by atoms with Gasteiger partial charge in [-0.05, 0) is 31.5 Å². The summed E-state index contributed by atoms with van der Waals surface area (Å²) in [5.41, 5.74) is 2.88. The first kappa shape index (κ1) is 14.0. The summed E-state index contributed by atoms with van der Waals surface area (Å²) in [6, 6.07) is 11.3. The Morgan fingerprint density at radius 3 is 2.90 bits per heavy atom. The third-order valence-corrected chi connectivity index (χ3v) is 3.00. The van der Waals surface area contributed by atoms with E-state index in [1.54, 1.807) is 19.2 Å². The molecule has 2 aromatic rings. The van der Waals surface area contributed by atoms with Crippen molar-refractivity contribution in [2.45, 2.75) is 26.6 Å². The standard InChI is InChI=1S/C16H16N2O2/c1-11-5-6-14(12(2)19)16(8-11)20-10-13-4-3-7-18-15(13)9-17/h3-8,12,19H,10H2,1-2H3/t12-/m1/s1. The number of benzene rings is 1. The van der Waals surface area contributed by atoms with Gasteiger partial charge in [-0.25, -0.2) is 4.98 Å². The molecule has 0 aliphatic heterocycles. The van der Waals surface area contributed by atoms with E-state index in [0.29, 0.717) is 11.4 Å². The van der Waals surface area contributed by atoms with Gasteiger partial charge in [0.05, 0.1) is 6.10 Å². The molecule has 0 fully saturated rings. The van der Waals surface area contributed by atoms with Gasteiger partial charge in [0.2, 0.25) is 0 Å². The number of hydrogen-bond donors (Lipinski definition) is 1. The number of pyridine rings is 1. The van der Waals surface area contributed by atoms with Crippen LogP contribution in [0.1, 0.15) is 35.4 Å². The highest BCUT2D eigenvalue weighted by Crippen LogP contribution is 2.27. The molecule has 4 nitrogen and oxygen atoms in total. The molecule has 1 aromatic heterocycles. The van der Waals surface area contributed by atoms with Gasteiger partial charge in [-0.1, -0.05) is 18.2 Å². The van der Waals surface area contributed by atoms with Crippen LogP contribution in [0.15, 0.2) is 36.5 Å². The lowest BCUT2D eigenvalue weighted by Gasteiger charge is -2.14. The molecule has 0 aliphatic rings. The number of nitriles is 1. The van der Waals surface area contributed by atoms with Crippen molar-refractivity contribution in [2.75, 3.05) is 0 Å². The molecule has 2 rings (SSSR count). The molecule has 0 saturated heterocycles. The Balaban J connectivity index is 2.23. The number of nitrogens with zero attached hydrogens (tertiary/aromatic N) is 2. The van der Waals surface area contributed by atoms with Gasteiger partial charge >= 0.3 is 0 Å². The quantitative estimate of drug-likeness (QED) is 0.925. The Bertz CT molecular complexity index is 645. The molecule has 0 saturated carbocycles. The SMILES string of the molecule is Cc1ccc([C@@H](C)O)c(OCc2cccnc2C#N)c1. The summed E-state index contributed by atoms with van der Waals surface area (Å²) in [6.07, 6.45) is 0.977. The lowest BCUT2D eigenvalue weighted by atomic mass is 10.1. The average molecular weight is 268 g/mol. The number of aliphatic hydroxyl groups excluding tert-OH is 1. The van der Waals surface area contributed by atoms with Gasteiger partial charge in [-0.3, -0.25) is 0 Å². The number of aliphatic hydroxyl groups is 1. The summed E-state index contributed by atoms with van der Waals surface area (Å²) < 4.78 is 5.76. The molecule has 20 heavy (non-hydrogen) atoms. The molecule has 0 spiro atoms. The molecule has 0 bridgehead atoms. The lowest BCUT2D eigenvalue weighted by molar-refractivity contribution is 0.190. The smallest absolute Gasteiger partial charge is 0.147 e. The lowest BCUT2D eigenvalue weighted by Crippen LogP contribution is -2.03. The van der Waals surface area contributed by atoms with Crippen molar-refractivity contribution in [2.24, 2.45) is 0 Å². The fraction of sp³-hybridized carbons (Fsp3) is 0.250. The summed E-state index contributed by atoms with van der Waals surface area (Å²) in [4.78, 5) is 3.99. The largest absolute Gasteiger partial charge is 0.488 e. The summed E-state index contributed by atoms with van der Waals surface area (Å²) in [5.74, 6) is 0.632. The van der Waals surface area contributed by atoms with Crippen molar-refractivity contribution in [3.63, 3.8) is 0 Å². The van der Waals surface area contributed by atoms with Crippen LogP contribution in [0.5, 0.6) is 5.75 Å². The molecule has 0 aliphatic carbocycles. The normalized spacial score (nSPS) is 11.7. The minimum atomic E-state index is -0.602. The Labute approximate surface area is 118 Å². The van der Waals surface area contributed by atoms with Crippen molar-refractivity contribution in [1.82, 2.24) is 4.98 Å². The zero-order chi connectivity index (χ0) is 14.5. The van der Waals surface area contributed by atoms with E-state index in [4.69, 9.17) is 10.00 Å². The molecule has 1 heterocycles. The van der Waals surface area contributed by atoms with E-state index >= 15 is 0 Å². The number of hydrogen-bond acceptors (Lipinski definition) is 4. The van der Waals surface area contributed by atoms with Crippen molar-refractivity contribution >= 4 is 0 Å². The van der Waals surface area contributed by atoms with E-state index in [9.17, 15) is 5.11 Å². The van der Waals surface area contributed by atoms with Crippen LogP contribution in [0.3, 0.4) is 0 Å². The second-order valence-electron chi connectivity index (χ2n) is 4.63. The second kappa shape index (κ2) is 6.18. The van der Waals surface area contributed by atoms with E-state index < -0.39 is 6.10 Å². The fourth-order valence-corrected chi connectivity index (χ4v) is 1.92. The highest BCUT2D eigenvalue weighted by Gasteiger charge is 2.10. The summed E-state index contributed by atoms with van der Waals surface area (Å²) in [6.45, 7) is 3.91. The minimum absolute atomic E-state index is 0.250. The van der Waals surface area contributed by atoms with Gasteiger partial charge in [0.1, 0.15) is 24.1 Å². The highest BCUT2D eigenvalue weighted by molar-refractivity contribution is 5.39. The van der Waals surface area contributed by atoms with Crippen LogP contribution < -0.4 is 4.74 Å². The van der Waals surface area contributed by atoms with Gasteiger partial charge < -0.3 is 9.84 Å². The first-order valence-corrected chi connectivity index (χ1v) is 6.37. The molecular weight excluding hydrogens is 252 g/mol. The predicted molar refractivity (Wildman–Crippen MR) is 75.1 cm³/mol. The Hall–Kier alpha value is -2.38. The second-order valence-corrected chi connectivity index (χ2v) is 4.63. The van der Waals surface area contributed by atoms with E-state index in [0.717, 1.165) is 16.7 Å². The Morgan fingerprint density at radius 2 is 2.20 bits per heavy atom. The Morgan fingerprint density at radius 1 is 1.40 bits per heavy atom. The fourth-order valence-electron chi connectivity index (χ4n) is 1.92. The summed E-state index contributed by atoms with van der Waals surface area (Å²) in [7, 11) is 0. The number of aryl methyl sites for hydroxylation is 1. The van der Waals surface area contributed by atoms with E-state index in [-0.39, 0.29) is 6.61 Å². The molecule has 0 amide bonds. The molecule has 0 unspecified atom stereocenters. The van der Waals surface area contributed by atoms with Crippen molar-refractivity contribution in [1.29, 1.82) is 5.26 Å². The van der Waals surface area contributed by atoms with Crippen LogP contribution >= 0.6 is 0 Å².